The molecule has 0 aliphatic heterocycles. The number of hydrogen-bond donors (Lipinski definition) is 0. The Morgan fingerprint density at radius 2 is 2.29 bits per heavy atom. The molecule has 1 rings (SSSR count). The summed E-state index contributed by atoms with van der Waals surface area (Å²) in [5.74, 6) is 0. The van der Waals surface area contributed by atoms with Crippen LogP contribution in [0.25, 0.3) is 0 Å². The van der Waals surface area contributed by atoms with E-state index in [-0.39, 0.29) is 0 Å². The van der Waals surface area contributed by atoms with E-state index in [1.807, 2.05) is 22.6 Å². The molecule has 0 spiro atoms. The SMILES string of the molecule is Clc1nsnc1I. The van der Waals surface area contributed by atoms with Gasteiger partial charge < -0.3 is 0 Å². The van der Waals surface area contributed by atoms with Crippen molar-refractivity contribution < 1.29 is 0 Å². The quantitative estimate of drug-likeness (QED) is 0.652. The third-order valence-corrected chi connectivity index (χ3v) is 2.70. The van der Waals surface area contributed by atoms with Crippen molar-refractivity contribution in [2.75, 3.05) is 0 Å². The minimum Gasteiger partial charge on any atom is -0.165 e. The molecule has 0 amide bonds. The van der Waals surface area contributed by atoms with Crippen LogP contribution in [0.4, 0.5) is 0 Å². The van der Waals surface area contributed by atoms with E-state index in [9.17, 15) is 0 Å². The van der Waals surface area contributed by atoms with Gasteiger partial charge in [-0.15, -0.1) is 0 Å². The first kappa shape index (κ1) is 5.71. The smallest absolute Gasteiger partial charge is 0.165 e. The minimum atomic E-state index is 0.505. The summed E-state index contributed by atoms with van der Waals surface area (Å²) in [6, 6.07) is 0. The van der Waals surface area contributed by atoms with E-state index in [1.165, 1.54) is 0 Å². The highest BCUT2D eigenvalue weighted by molar-refractivity contribution is 14.1. The summed E-state index contributed by atoms with van der Waals surface area (Å²) in [7, 11) is 0. The van der Waals surface area contributed by atoms with Gasteiger partial charge in [0.2, 0.25) is 0 Å². The average molecular weight is 246 g/mol. The zero-order valence-corrected chi connectivity index (χ0v) is 6.79. The Balaban J connectivity index is 3.12. The molecule has 0 saturated heterocycles. The monoisotopic (exact) mass is 246 g/mol. The fraction of sp³-hybridized carbons (Fsp3) is 0. The molecule has 0 N–H and O–H groups in total. The number of rotatable bonds is 0. The van der Waals surface area contributed by atoms with Gasteiger partial charge in [0.25, 0.3) is 0 Å². The van der Waals surface area contributed by atoms with Crippen LogP contribution in [0, 0.1) is 3.70 Å². The van der Waals surface area contributed by atoms with Crippen molar-refractivity contribution in [1.82, 2.24) is 8.75 Å². The van der Waals surface area contributed by atoms with Crippen LogP contribution < -0.4 is 0 Å². The van der Waals surface area contributed by atoms with Crippen LogP contribution in [0.5, 0.6) is 0 Å². The Labute approximate surface area is 63.4 Å². The number of hydrogen-bond acceptors (Lipinski definition) is 3. The van der Waals surface area contributed by atoms with Gasteiger partial charge >= 0.3 is 0 Å². The maximum atomic E-state index is 5.45. The van der Waals surface area contributed by atoms with Crippen LogP contribution >= 0.6 is 45.9 Å². The van der Waals surface area contributed by atoms with E-state index >= 15 is 0 Å². The molecule has 0 bridgehead atoms. The molecule has 1 aromatic rings. The second kappa shape index (κ2) is 2.23. The molecule has 5 heteroatoms. The number of halogens is 2. The summed E-state index contributed by atoms with van der Waals surface area (Å²) in [5.41, 5.74) is 0. The summed E-state index contributed by atoms with van der Waals surface area (Å²) in [4.78, 5) is 0. The lowest BCUT2D eigenvalue weighted by molar-refractivity contribution is 1.45. The summed E-state index contributed by atoms with van der Waals surface area (Å²) in [6.45, 7) is 0. The van der Waals surface area contributed by atoms with Gasteiger partial charge in [-0.25, -0.2) is 0 Å². The van der Waals surface area contributed by atoms with Gasteiger partial charge in [0.05, 0.1) is 11.7 Å². The van der Waals surface area contributed by atoms with Gasteiger partial charge in [-0.1, -0.05) is 11.6 Å². The summed E-state index contributed by atoms with van der Waals surface area (Å²) >= 11 is 8.60. The molecule has 7 heavy (non-hydrogen) atoms. The molecule has 0 fully saturated rings. The van der Waals surface area contributed by atoms with E-state index in [0.717, 1.165) is 15.4 Å². The third-order valence-electron chi connectivity index (χ3n) is 0.412. The minimum absolute atomic E-state index is 0.505. The van der Waals surface area contributed by atoms with Gasteiger partial charge in [0, 0.05) is 0 Å². The Bertz CT molecular complexity index is 148. The van der Waals surface area contributed by atoms with Crippen molar-refractivity contribution in [2.45, 2.75) is 0 Å². The van der Waals surface area contributed by atoms with E-state index in [1.54, 1.807) is 0 Å². The number of aromatic nitrogens is 2. The molecular weight excluding hydrogens is 246 g/mol. The van der Waals surface area contributed by atoms with Crippen molar-refractivity contribution in [2.24, 2.45) is 0 Å². The maximum absolute atomic E-state index is 5.45. The fourth-order valence-electron chi connectivity index (χ4n) is 0.167. The molecule has 0 aromatic carbocycles. The van der Waals surface area contributed by atoms with Crippen molar-refractivity contribution in [3.05, 3.63) is 8.85 Å². The maximum Gasteiger partial charge on any atom is 0.176 e. The van der Waals surface area contributed by atoms with Gasteiger partial charge in [-0.2, -0.15) is 8.75 Å². The molecule has 1 heterocycles. The van der Waals surface area contributed by atoms with Crippen LogP contribution in [0.3, 0.4) is 0 Å². The van der Waals surface area contributed by atoms with Crippen LogP contribution in [0.15, 0.2) is 0 Å². The first-order valence-corrected chi connectivity index (χ1v) is 3.63. The molecule has 0 aliphatic rings. The van der Waals surface area contributed by atoms with E-state index in [4.69, 9.17) is 11.6 Å². The standard InChI is InChI=1S/C2ClIN2S/c3-1-2(4)6-7-5-1. The fourth-order valence-corrected chi connectivity index (χ4v) is 1.26. The summed E-state index contributed by atoms with van der Waals surface area (Å²) in [5, 5.41) is 0.505. The Morgan fingerprint density at radius 1 is 1.57 bits per heavy atom. The predicted molar refractivity (Wildman–Crippen MR) is 37.6 cm³/mol. The number of nitrogens with zero attached hydrogens (tertiary/aromatic N) is 2. The molecule has 0 unspecified atom stereocenters. The third kappa shape index (κ3) is 1.23. The van der Waals surface area contributed by atoms with Gasteiger partial charge in [-0.05, 0) is 22.6 Å². The van der Waals surface area contributed by atoms with Crippen molar-refractivity contribution >= 4 is 45.9 Å². The Kier molecular flexibility index (Phi) is 1.82. The molecule has 0 aliphatic carbocycles. The summed E-state index contributed by atoms with van der Waals surface area (Å²) in [6.07, 6.45) is 0. The van der Waals surface area contributed by atoms with Crippen LogP contribution in [0.2, 0.25) is 5.15 Å². The first-order chi connectivity index (χ1) is 3.30. The van der Waals surface area contributed by atoms with Gasteiger partial charge in [0.1, 0.15) is 0 Å². The van der Waals surface area contributed by atoms with Crippen LogP contribution in [0.1, 0.15) is 0 Å². The molecule has 0 radical (unpaired) electrons. The van der Waals surface area contributed by atoms with Gasteiger partial charge in [0.15, 0.2) is 8.85 Å². The molecule has 1 aromatic heterocycles. The Morgan fingerprint density at radius 3 is 2.43 bits per heavy atom. The van der Waals surface area contributed by atoms with Crippen molar-refractivity contribution in [3.8, 4) is 0 Å². The highest BCUT2D eigenvalue weighted by atomic mass is 127. The average Bonchev–Trinajstić information content (AvgIpc) is 1.91. The molecule has 0 saturated carbocycles. The second-order valence-electron chi connectivity index (χ2n) is 0.846. The Hall–Kier alpha value is 0.580. The van der Waals surface area contributed by atoms with E-state index in [2.05, 4.69) is 8.75 Å². The lowest BCUT2D eigenvalue weighted by atomic mass is 11.0. The molecule has 0 atom stereocenters. The van der Waals surface area contributed by atoms with E-state index in [0.29, 0.717) is 5.15 Å². The van der Waals surface area contributed by atoms with Crippen LogP contribution in [-0.2, 0) is 0 Å². The summed E-state index contributed by atoms with van der Waals surface area (Å²) < 4.78 is 8.29. The highest BCUT2D eigenvalue weighted by Gasteiger charge is 1.96. The second-order valence-corrected chi connectivity index (χ2v) is 2.75. The first-order valence-electron chi connectivity index (χ1n) is 1.44. The zero-order chi connectivity index (χ0) is 5.28. The van der Waals surface area contributed by atoms with Crippen molar-refractivity contribution in [1.29, 1.82) is 0 Å². The van der Waals surface area contributed by atoms with Crippen LogP contribution in [-0.4, -0.2) is 8.75 Å². The largest absolute Gasteiger partial charge is 0.176 e. The van der Waals surface area contributed by atoms with Gasteiger partial charge in [-0.3, -0.25) is 0 Å². The molecule has 38 valence electrons. The van der Waals surface area contributed by atoms with E-state index < -0.39 is 0 Å². The topological polar surface area (TPSA) is 25.8 Å². The van der Waals surface area contributed by atoms with Crippen molar-refractivity contribution in [3.63, 3.8) is 0 Å². The normalized spacial score (nSPS) is 9.43. The molecule has 2 nitrogen and oxygen atoms in total. The lowest BCUT2D eigenvalue weighted by Crippen LogP contribution is -1.63. The zero-order valence-electron chi connectivity index (χ0n) is 3.06. The molecular formula is C2ClIN2S. The lowest BCUT2D eigenvalue weighted by Gasteiger charge is -1.69. The predicted octanol–water partition coefficient (Wildman–Crippen LogP) is 1.80. The highest BCUT2D eigenvalue weighted by Crippen LogP contribution is 2.13.